The van der Waals surface area contributed by atoms with Crippen molar-refractivity contribution < 1.29 is 19.0 Å². The number of carbonyl (C=O) groups excluding carboxylic acids is 1. The Morgan fingerprint density at radius 3 is 2.50 bits per heavy atom. The van der Waals surface area contributed by atoms with Crippen molar-refractivity contribution in [3.8, 4) is 34.1 Å². The Kier molecular flexibility index (Phi) is 7.63. The van der Waals surface area contributed by atoms with Crippen molar-refractivity contribution in [3.05, 3.63) is 109 Å². The number of hydrogen-bond acceptors (Lipinski definition) is 8. The minimum Gasteiger partial charge on any atom is -0.507 e. The molecule has 0 spiro atoms. The minimum absolute atomic E-state index is 0.0455. The van der Waals surface area contributed by atoms with Gasteiger partial charge in [0, 0.05) is 55.4 Å². The molecule has 1 aliphatic heterocycles. The molecular formula is C35H30FN7O3. The molecule has 4 heterocycles. The molecule has 1 amide bonds. The molecule has 11 heteroatoms. The normalized spacial score (nSPS) is 13.2. The van der Waals surface area contributed by atoms with Crippen LogP contribution in [0.2, 0.25) is 0 Å². The zero-order chi connectivity index (χ0) is 31.6. The van der Waals surface area contributed by atoms with Gasteiger partial charge in [-0.15, -0.1) is 0 Å². The molecule has 0 atom stereocenters. The van der Waals surface area contributed by atoms with Gasteiger partial charge < -0.3 is 29.9 Å². The van der Waals surface area contributed by atoms with Crippen LogP contribution in [0.5, 0.6) is 11.6 Å². The number of aromatic nitrogens is 4. The molecule has 7 rings (SSSR count). The van der Waals surface area contributed by atoms with E-state index in [0.717, 1.165) is 30.0 Å². The van der Waals surface area contributed by atoms with Crippen LogP contribution in [0, 0.1) is 5.82 Å². The van der Waals surface area contributed by atoms with Crippen LogP contribution in [0.15, 0.2) is 97.3 Å². The molecule has 3 aromatic carbocycles. The predicted molar refractivity (Wildman–Crippen MR) is 176 cm³/mol. The number of pyridine rings is 2. The number of fused-ring (bicyclic) bond motifs is 1. The van der Waals surface area contributed by atoms with Gasteiger partial charge in [-0.05, 0) is 78.4 Å². The van der Waals surface area contributed by atoms with Crippen LogP contribution in [0.4, 0.5) is 21.6 Å². The zero-order valence-electron chi connectivity index (χ0n) is 24.9. The first-order valence-corrected chi connectivity index (χ1v) is 14.8. The van der Waals surface area contributed by atoms with Crippen LogP contribution < -0.4 is 19.9 Å². The first-order valence-electron chi connectivity index (χ1n) is 14.8. The lowest BCUT2D eigenvalue weighted by Gasteiger charge is -2.36. The molecule has 0 saturated carbocycles. The lowest BCUT2D eigenvalue weighted by atomic mass is 10.0. The van der Waals surface area contributed by atoms with Gasteiger partial charge >= 0.3 is 0 Å². The summed E-state index contributed by atoms with van der Waals surface area (Å²) in [6, 6.07) is 24.5. The Morgan fingerprint density at radius 2 is 1.72 bits per heavy atom. The number of anilines is 3. The molecule has 0 radical (unpaired) electrons. The quantitative estimate of drug-likeness (QED) is 0.197. The summed E-state index contributed by atoms with van der Waals surface area (Å²) >= 11 is 0. The molecule has 1 aliphatic rings. The third kappa shape index (κ3) is 5.65. The smallest absolute Gasteiger partial charge is 0.255 e. The number of halogens is 1. The van der Waals surface area contributed by atoms with E-state index in [2.05, 4.69) is 30.2 Å². The highest BCUT2D eigenvalue weighted by atomic mass is 19.1. The van der Waals surface area contributed by atoms with Crippen LogP contribution >= 0.6 is 0 Å². The minimum atomic E-state index is -0.399. The SMILES string of the molecule is COc1ncccc1-c1ccc(O)c(-c2nc3ccc(C(=O)Nc4ccc(N5CCN(c6ccccn6)CC5)c(F)c4)cc3[nH]2)c1. The van der Waals surface area contributed by atoms with Gasteiger partial charge in [-0.25, -0.2) is 19.3 Å². The van der Waals surface area contributed by atoms with Crippen molar-refractivity contribution in [2.24, 2.45) is 0 Å². The number of carbonyl (C=O) groups is 1. The summed E-state index contributed by atoms with van der Waals surface area (Å²) in [6.45, 7) is 2.78. The Hall–Kier alpha value is -5.97. The molecule has 46 heavy (non-hydrogen) atoms. The highest BCUT2D eigenvalue weighted by molar-refractivity contribution is 6.06. The Labute approximate surface area is 264 Å². The molecule has 0 aliphatic carbocycles. The number of aromatic amines is 1. The van der Waals surface area contributed by atoms with Crippen molar-refractivity contribution in [3.63, 3.8) is 0 Å². The van der Waals surface area contributed by atoms with E-state index >= 15 is 4.39 Å². The zero-order valence-corrected chi connectivity index (χ0v) is 24.9. The summed E-state index contributed by atoms with van der Waals surface area (Å²) in [7, 11) is 1.55. The maximum absolute atomic E-state index is 15.2. The number of phenolic OH excluding ortho intramolecular Hbond substituents is 1. The summed E-state index contributed by atoms with van der Waals surface area (Å²) in [4.78, 5) is 33.9. The monoisotopic (exact) mass is 615 g/mol. The van der Waals surface area contributed by atoms with Gasteiger partial charge in [0.1, 0.15) is 23.2 Å². The second-order valence-electron chi connectivity index (χ2n) is 10.9. The first kappa shape index (κ1) is 28.8. The number of amides is 1. The number of methoxy groups -OCH3 is 1. The number of nitrogens with one attached hydrogen (secondary N) is 2. The van der Waals surface area contributed by atoms with E-state index < -0.39 is 5.82 Å². The Morgan fingerprint density at radius 1 is 0.891 bits per heavy atom. The standard InChI is InChI=1S/C35H30FN7O3/c1-46-35-25(5-4-14-38-35)22-8-12-31(44)26(19-22)33-40-28-10-7-23(20-29(28)41-33)34(45)39-24-9-11-30(27(36)21-24)42-15-17-43(18-16-42)32-6-2-3-13-37-32/h2-14,19-21,44H,15-18H2,1H3,(H,39,45)(H,40,41). The molecule has 6 aromatic rings. The molecule has 1 saturated heterocycles. The first-order chi connectivity index (χ1) is 22.5. The van der Waals surface area contributed by atoms with E-state index in [1.54, 1.807) is 68.0 Å². The average Bonchev–Trinajstić information content (AvgIpc) is 3.52. The van der Waals surface area contributed by atoms with Gasteiger partial charge in [0.05, 0.1) is 29.4 Å². The predicted octanol–water partition coefficient (Wildman–Crippen LogP) is 6.12. The lowest BCUT2D eigenvalue weighted by Crippen LogP contribution is -2.47. The lowest BCUT2D eigenvalue weighted by molar-refractivity contribution is 0.102. The average molecular weight is 616 g/mol. The van der Waals surface area contributed by atoms with Gasteiger partial charge in [0.15, 0.2) is 0 Å². The molecular weight excluding hydrogens is 585 g/mol. The van der Waals surface area contributed by atoms with Crippen molar-refractivity contribution in [2.45, 2.75) is 0 Å². The number of phenols is 1. The fourth-order valence-corrected chi connectivity index (χ4v) is 5.71. The molecule has 230 valence electrons. The number of hydrogen-bond donors (Lipinski definition) is 3. The summed E-state index contributed by atoms with van der Waals surface area (Å²) in [6.07, 6.45) is 3.42. The number of piperazine rings is 1. The van der Waals surface area contributed by atoms with Gasteiger partial charge in [0.2, 0.25) is 5.88 Å². The topological polar surface area (TPSA) is 120 Å². The number of imidazole rings is 1. The Balaban J connectivity index is 1.06. The maximum Gasteiger partial charge on any atom is 0.255 e. The molecule has 1 fully saturated rings. The number of ether oxygens (including phenoxy) is 1. The van der Waals surface area contributed by atoms with Crippen molar-refractivity contribution in [1.29, 1.82) is 0 Å². The molecule has 3 N–H and O–H groups in total. The maximum atomic E-state index is 15.2. The van der Waals surface area contributed by atoms with Crippen LogP contribution in [0.1, 0.15) is 10.4 Å². The third-order valence-electron chi connectivity index (χ3n) is 8.07. The van der Waals surface area contributed by atoms with Gasteiger partial charge in [-0.1, -0.05) is 12.1 Å². The van der Waals surface area contributed by atoms with Gasteiger partial charge in [-0.3, -0.25) is 4.79 Å². The van der Waals surface area contributed by atoms with Crippen molar-refractivity contribution in [1.82, 2.24) is 19.9 Å². The molecule has 3 aromatic heterocycles. The van der Waals surface area contributed by atoms with E-state index in [1.807, 2.05) is 35.2 Å². The summed E-state index contributed by atoms with van der Waals surface area (Å²) < 4.78 is 20.6. The van der Waals surface area contributed by atoms with Crippen molar-refractivity contribution >= 4 is 34.1 Å². The van der Waals surface area contributed by atoms with Crippen LogP contribution in [0.25, 0.3) is 33.5 Å². The number of benzene rings is 3. The fraction of sp³-hybridized carbons (Fsp3) is 0.143. The van der Waals surface area contributed by atoms with E-state index in [4.69, 9.17) is 4.74 Å². The van der Waals surface area contributed by atoms with E-state index in [-0.39, 0.29) is 11.7 Å². The van der Waals surface area contributed by atoms with Crippen molar-refractivity contribution in [2.75, 3.05) is 48.4 Å². The second kappa shape index (κ2) is 12.2. The second-order valence-corrected chi connectivity index (χ2v) is 10.9. The van der Waals surface area contributed by atoms with Crippen LogP contribution in [-0.2, 0) is 0 Å². The molecule has 0 bridgehead atoms. The fourth-order valence-electron chi connectivity index (χ4n) is 5.71. The summed E-state index contributed by atoms with van der Waals surface area (Å²) in [5, 5.41) is 13.5. The third-order valence-corrected chi connectivity index (χ3v) is 8.07. The number of H-pyrrole nitrogens is 1. The van der Waals surface area contributed by atoms with Gasteiger partial charge in [-0.2, -0.15) is 0 Å². The van der Waals surface area contributed by atoms with Gasteiger partial charge in [0.25, 0.3) is 5.91 Å². The number of aromatic hydroxyl groups is 1. The highest BCUT2D eigenvalue weighted by Crippen LogP contribution is 2.36. The summed E-state index contributed by atoms with van der Waals surface area (Å²) in [5.41, 5.74) is 4.51. The van der Waals surface area contributed by atoms with E-state index in [1.165, 1.54) is 6.07 Å². The summed E-state index contributed by atoms with van der Waals surface area (Å²) in [5.74, 6) is 1.08. The molecule has 0 unspecified atom stereocenters. The number of nitrogens with zero attached hydrogens (tertiary/aromatic N) is 5. The highest BCUT2D eigenvalue weighted by Gasteiger charge is 2.21. The van der Waals surface area contributed by atoms with Crippen LogP contribution in [0.3, 0.4) is 0 Å². The number of rotatable bonds is 7. The largest absolute Gasteiger partial charge is 0.507 e. The Bertz CT molecular complexity index is 2040. The van der Waals surface area contributed by atoms with Crippen LogP contribution in [-0.4, -0.2) is 64.2 Å². The van der Waals surface area contributed by atoms with E-state index in [9.17, 15) is 9.90 Å². The molecule has 10 nitrogen and oxygen atoms in total. The van der Waals surface area contributed by atoms with E-state index in [0.29, 0.717) is 58.3 Å².